The van der Waals surface area contributed by atoms with Gasteiger partial charge in [-0.25, -0.2) is 0 Å². The Labute approximate surface area is 274 Å². The number of nitrogens with zero attached hydrogens (tertiary/aromatic N) is 1. The molecule has 6 nitrogen and oxygen atoms in total. The number of carbonyl (C=O) groups is 2. The number of fused-ring (bicyclic) bond motifs is 7. The number of likely N-dealkylation sites (N-methyl/N-ethyl adjacent to an activating group) is 1. The highest BCUT2D eigenvalue weighted by atomic mass is 16.5. The van der Waals surface area contributed by atoms with E-state index in [1.165, 1.54) is 56.9 Å². The van der Waals surface area contributed by atoms with Gasteiger partial charge >= 0.3 is 11.9 Å². The number of ether oxygens (including phenoxy) is 1. The van der Waals surface area contributed by atoms with Crippen LogP contribution >= 0.6 is 0 Å². The van der Waals surface area contributed by atoms with E-state index in [1.807, 2.05) is 0 Å². The van der Waals surface area contributed by atoms with E-state index in [2.05, 4.69) is 72.4 Å². The van der Waals surface area contributed by atoms with E-state index in [-0.39, 0.29) is 40.3 Å². The Bertz CT molecular complexity index is 1180. The maximum atomic E-state index is 13.0. The molecule has 6 heteroatoms. The molecule has 5 aliphatic rings. The van der Waals surface area contributed by atoms with Crippen molar-refractivity contribution in [1.82, 2.24) is 10.2 Å². The van der Waals surface area contributed by atoms with Gasteiger partial charge in [-0.2, -0.15) is 0 Å². The zero-order valence-electron chi connectivity index (χ0n) is 30.5. The second kappa shape index (κ2) is 11.6. The van der Waals surface area contributed by atoms with Crippen LogP contribution in [-0.4, -0.2) is 60.8 Å². The zero-order chi connectivity index (χ0) is 33.4. The van der Waals surface area contributed by atoms with Crippen molar-refractivity contribution in [2.24, 2.45) is 56.7 Å². The summed E-state index contributed by atoms with van der Waals surface area (Å²) in [6.45, 7) is 24.9. The van der Waals surface area contributed by atoms with E-state index >= 15 is 0 Å². The van der Waals surface area contributed by atoms with E-state index in [0.717, 1.165) is 25.9 Å². The van der Waals surface area contributed by atoms with Gasteiger partial charge in [-0.1, -0.05) is 46.8 Å². The summed E-state index contributed by atoms with van der Waals surface area (Å²) >= 11 is 0. The van der Waals surface area contributed by atoms with Gasteiger partial charge in [0.05, 0.1) is 11.8 Å². The highest BCUT2D eigenvalue weighted by molar-refractivity contribution is 5.81. The van der Waals surface area contributed by atoms with E-state index < -0.39 is 11.4 Å². The average Bonchev–Trinajstić information content (AvgIpc) is 3.30. The number of allylic oxidation sites excluding steroid dienone is 1. The largest absolute Gasteiger partial charge is 0.481 e. The summed E-state index contributed by atoms with van der Waals surface area (Å²) in [6, 6.07) is 0. The van der Waals surface area contributed by atoms with Gasteiger partial charge in [0.1, 0.15) is 6.10 Å². The standard InChI is InChI=1S/C39H66N2O4/c1-25(2)26-14-19-39(40-22-23-41(10)11)21-20-37(8)27(32(26)39)12-13-29-36(7)17-16-30(45-31(42)24-34(3,4)33(43)44)35(5,6)28(36)15-18-38(29,37)9/h26-30,32,40H,1,12-24H2,2-11H3,(H,43,44)/t26-,27+,28-,29?,30-,32+,36-,37+,38+,39-/m0/s1. The van der Waals surface area contributed by atoms with Gasteiger partial charge in [0.15, 0.2) is 0 Å². The lowest BCUT2D eigenvalue weighted by atomic mass is 9.32. The molecule has 0 aromatic rings. The van der Waals surface area contributed by atoms with Crippen LogP contribution in [0.5, 0.6) is 0 Å². The van der Waals surface area contributed by atoms with Gasteiger partial charge in [-0.3, -0.25) is 9.59 Å². The number of rotatable bonds is 9. The van der Waals surface area contributed by atoms with Crippen LogP contribution in [0.1, 0.15) is 126 Å². The molecule has 0 amide bonds. The van der Waals surface area contributed by atoms with Crippen LogP contribution < -0.4 is 5.32 Å². The van der Waals surface area contributed by atoms with Gasteiger partial charge in [-0.15, -0.1) is 0 Å². The number of hydrogen-bond acceptors (Lipinski definition) is 5. The third-order valence-corrected chi connectivity index (χ3v) is 15.5. The minimum atomic E-state index is -1.12. The molecule has 0 spiro atoms. The molecule has 10 atom stereocenters. The average molecular weight is 627 g/mol. The quantitative estimate of drug-likeness (QED) is 0.200. The number of aliphatic carboxylic acids is 1. The lowest BCUT2D eigenvalue weighted by Gasteiger charge is -2.73. The van der Waals surface area contributed by atoms with Crippen molar-refractivity contribution in [3.8, 4) is 0 Å². The Hall–Kier alpha value is -1.40. The summed E-state index contributed by atoms with van der Waals surface area (Å²) in [4.78, 5) is 27.0. The maximum Gasteiger partial charge on any atom is 0.309 e. The van der Waals surface area contributed by atoms with Crippen LogP contribution in [-0.2, 0) is 14.3 Å². The number of esters is 1. The Kier molecular flexibility index (Phi) is 9.03. The molecule has 0 aromatic heterocycles. The molecular weight excluding hydrogens is 560 g/mol. The minimum Gasteiger partial charge on any atom is -0.481 e. The van der Waals surface area contributed by atoms with Crippen molar-refractivity contribution < 1.29 is 19.4 Å². The Morgan fingerprint density at radius 2 is 1.60 bits per heavy atom. The normalized spacial score (nSPS) is 43.9. The van der Waals surface area contributed by atoms with Crippen LogP contribution in [0.15, 0.2) is 12.2 Å². The number of hydrogen-bond donors (Lipinski definition) is 2. The fourth-order valence-corrected chi connectivity index (χ4v) is 12.8. The predicted octanol–water partition coefficient (Wildman–Crippen LogP) is 7.96. The summed E-state index contributed by atoms with van der Waals surface area (Å²) in [5.74, 6) is 1.81. The molecule has 0 aliphatic heterocycles. The fourth-order valence-electron chi connectivity index (χ4n) is 12.8. The molecule has 45 heavy (non-hydrogen) atoms. The van der Waals surface area contributed by atoms with Crippen LogP contribution in [0.3, 0.4) is 0 Å². The van der Waals surface area contributed by atoms with E-state index in [9.17, 15) is 14.7 Å². The van der Waals surface area contributed by atoms with Crippen molar-refractivity contribution >= 4 is 11.9 Å². The third kappa shape index (κ3) is 5.44. The molecule has 2 N–H and O–H groups in total. The third-order valence-electron chi connectivity index (χ3n) is 15.5. The van der Waals surface area contributed by atoms with Crippen molar-refractivity contribution in [3.05, 3.63) is 12.2 Å². The number of carboxylic acid groups (broad SMARTS) is 1. The first-order chi connectivity index (χ1) is 20.7. The van der Waals surface area contributed by atoms with Crippen LogP contribution in [0.2, 0.25) is 0 Å². The molecule has 5 aliphatic carbocycles. The molecule has 0 saturated heterocycles. The van der Waals surface area contributed by atoms with Gasteiger partial charge < -0.3 is 20.1 Å². The summed E-state index contributed by atoms with van der Waals surface area (Å²) < 4.78 is 6.17. The molecule has 0 heterocycles. The molecule has 0 radical (unpaired) electrons. The Morgan fingerprint density at radius 1 is 0.911 bits per heavy atom. The molecule has 0 bridgehead atoms. The van der Waals surface area contributed by atoms with Gasteiger partial charge in [0.25, 0.3) is 0 Å². The topological polar surface area (TPSA) is 78.9 Å². The predicted molar refractivity (Wildman–Crippen MR) is 182 cm³/mol. The van der Waals surface area contributed by atoms with Crippen LogP contribution in [0.25, 0.3) is 0 Å². The molecule has 256 valence electrons. The Morgan fingerprint density at radius 3 is 2.22 bits per heavy atom. The van der Waals surface area contributed by atoms with Gasteiger partial charge in [0, 0.05) is 24.0 Å². The first-order valence-electron chi connectivity index (χ1n) is 18.2. The van der Waals surface area contributed by atoms with Crippen molar-refractivity contribution in [1.29, 1.82) is 0 Å². The van der Waals surface area contributed by atoms with Crippen LogP contribution in [0.4, 0.5) is 0 Å². The summed E-state index contributed by atoms with van der Waals surface area (Å²) in [7, 11) is 4.36. The first kappa shape index (κ1) is 34.9. The summed E-state index contributed by atoms with van der Waals surface area (Å²) in [6.07, 6.45) is 11.9. The van der Waals surface area contributed by atoms with Crippen molar-refractivity contribution in [2.75, 3.05) is 27.2 Å². The number of carbonyl (C=O) groups excluding carboxylic acids is 1. The first-order valence-corrected chi connectivity index (χ1v) is 18.2. The van der Waals surface area contributed by atoms with E-state index in [4.69, 9.17) is 4.74 Å². The number of carboxylic acids is 1. The SMILES string of the molecule is C=C(C)[C@@H]1CC[C@]2(NCCN(C)C)CC[C@]3(C)[C@H](CCC4[C@@]5(C)CC[C@H](OC(=O)CC(C)(C)C(=O)O)C(C)(C)[C@@H]5CC[C@]43C)[C@@H]12. The highest BCUT2D eigenvalue weighted by Gasteiger charge is 2.71. The lowest BCUT2D eigenvalue weighted by molar-refractivity contribution is -0.246. The van der Waals surface area contributed by atoms with Crippen molar-refractivity contribution in [3.63, 3.8) is 0 Å². The molecule has 5 saturated carbocycles. The second-order valence-corrected chi connectivity index (χ2v) is 18.8. The van der Waals surface area contributed by atoms with E-state index in [1.54, 1.807) is 13.8 Å². The molecule has 5 rings (SSSR count). The zero-order valence-corrected chi connectivity index (χ0v) is 30.5. The monoisotopic (exact) mass is 627 g/mol. The van der Waals surface area contributed by atoms with Crippen LogP contribution in [0, 0.1) is 56.7 Å². The van der Waals surface area contributed by atoms with E-state index in [0.29, 0.717) is 35.0 Å². The van der Waals surface area contributed by atoms with Gasteiger partial charge in [0.2, 0.25) is 0 Å². The molecule has 5 fully saturated rings. The molecular formula is C39H66N2O4. The summed E-state index contributed by atoms with van der Waals surface area (Å²) in [5, 5.41) is 13.8. The Balaban J connectivity index is 1.40. The van der Waals surface area contributed by atoms with Crippen molar-refractivity contribution in [2.45, 2.75) is 138 Å². The number of nitrogens with one attached hydrogen (secondary N) is 1. The van der Waals surface area contributed by atoms with Gasteiger partial charge in [-0.05, 0) is 145 Å². The highest BCUT2D eigenvalue weighted by Crippen LogP contribution is 2.76. The maximum absolute atomic E-state index is 13.0. The summed E-state index contributed by atoms with van der Waals surface area (Å²) in [5.41, 5.74) is 1.16. The molecule has 0 aromatic carbocycles. The fraction of sp³-hybridized carbons (Fsp3) is 0.897. The second-order valence-electron chi connectivity index (χ2n) is 18.8. The smallest absolute Gasteiger partial charge is 0.309 e. The lowest BCUT2D eigenvalue weighted by Crippen LogP contribution is -2.69. The minimum absolute atomic E-state index is 0.0882. The molecule has 1 unspecified atom stereocenters.